The highest BCUT2D eigenvalue weighted by molar-refractivity contribution is 7.16. The molecule has 1 unspecified atom stereocenters. The van der Waals surface area contributed by atoms with Crippen molar-refractivity contribution >= 4 is 28.8 Å². The van der Waals surface area contributed by atoms with Gasteiger partial charge in [0.1, 0.15) is 0 Å². The number of carbonyl (C=O) groups excluding carboxylic acids is 1. The van der Waals surface area contributed by atoms with Crippen LogP contribution in [0.4, 0.5) is 13.2 Å². The average Bonchev–Trinajstić information content (AvgIpc) is 3.52. The lowest BCUT2D eigenvalue weighted by Crippen LogP contribution is -2.37. The number of fused-ring (bicyclic) bond motifs is 1. The van der Waals surface area contributed by atoms with Crippen LogP contribution in [0.1, 0.15) is 53.8 Å². The molecule has 5 rings (SSSR count). The smallest absolute Gasteiger partial charge is 0.333 e. The van der Waals surface area contributed by atoms with Gasteiger partial charge in [-0.25, -0.2) is 0 Å². The molecule has 2 aliphatic rings. The van der Waals surface area contributed by atoms with Crippen LogP contribution in [-0.2, 0) is 24.1 Å². The van der Waals surface area contributed by atoms with Crippen LogP contribution in [-0.4, -0.2) is 51.7 Å². The maximum atomic E-state index is 14.0. The summed E-state index contributed by atoms with van der Waals surface area (Å²) in [5, 5.41) is 3.82. The van der Waals surface area contributed by atoms with Crippen molar-refractivity contribution in [3.63, 3.8) is 0 Å². The number of rotatable bonds is 6. The second-order valence-electron chi connectivity index (χ2n) is 9.80. The molecule has 4 heterocycles. The minimum Gasteiger partial charge on any atom is -0.333 e. The van der Waals surface area contributed by atoms with E-state index in [1.165, 1.54) is 41.5 Å². The molecule has 0 spiro atoms. The normalized spacial score (nSPS) is 18.8. The maximum Gasteiger partial charge on any atom is 0.435 e. The van der Waals surface area contributed by atoms with E-state index in [2.05, 4.69) is 10.00 Å². The molecule has 1 aromatic carbocycles. The van der Waals surface area contributed by atoms with Crippen molar-refractivity contribution in [2.45, 2.75) is 51.4 Å². The Labute approximate surface area is 229 Å². The predicted octanol–water partition coefficient (Wildman–Crippen LogP) is 6.82. The highest BCUT2D eigenvalue weighted by Gasteiger charge is 2.39. The van der Waals surface area contributed by atoms with Gasteiger partial charge in [-0.05, 0) is 55.6 Å². The van der Waals surface area contributed by atoms with Crippen molar-refractivity contribution < 1.29 is 18.0 Å². The number of thiophene rings is 1. The molecule has 0 N–H and O–H groups in total. The van der Waals surface area contributed by atoms with E-state index >= 15 is 0 Å². The molecule has 1 amide bonds. The zero-order chi connectivity index (χ0) is 26.9. The summed E-state index contributed by atoms with van der Waals surface area (Å²) in [4.78, 5) is 18.3. The van der Waals surface area contributed by atoms with Crippen molar-refractivity contribution in [2.75, 3.05) is 26.2 Å². The van der Waals surface area contributed by atoms with Gasteiger partial charge in [0.15, 0.2) is 5.69 Å². The third-order valence-corrected chi connectivity index (χ3v) is 8.55. The van der Waals surface area contributed by atoms with Gasteiger partial charge < -0.3 is 4.90 Å². The monoisotopic (exact) mass is 562 g/mol. The topological polar surface area (TPSA) is 41.4 Å². The Morgan fingerprint density at radius 1 is 1.16 bits per heavy atom. The fourth-order valence-electron chi connectivity index (χ4n) is 5.40. The first-order chi connectivity index (χ1) is 18.2. The SMILES string of the molecule is CCn1cc(-c2ccccc2C2CN(C(=O)/C=C/CN3CCCCC3)Cc3sc(Cl)cc32)c(C(F)(F)F)n1. The number of likely N-dealkylation sites (tertiary alicyclic amines) is 1. The molecule has 202 valence electrons. The first kappa shape index (κ1) is 27.0. The van der Waals surface area contributed by atoms with Crippen LogP contribution >= 0.6 is 22.9 Å². The molecule has 0 saturated carbocycles. The zero-order valence-corrected chi connectivity index (χ0v) is 22.7. The quantitative estimate of drug-likeness (QED) is 0.310. The molecular weight excluding hydrogens is 533 g/mol. The van der Waals surface area contributed by atoms with Crippen LogP contribution < -0.4 is 0 Å². The van der Waals surface area contributed by atoms with Crippen molar-refractivity contribution in [3.05, 3.63) is 74.7 Å². The van der Waals surface area contributed by atoms with E-state index in [0.29, 0.717) is 29.5 Å². The van der Waals surface area contributed by atoms with Crippen molar-refractivity contribution in [1.82, 2.24) is 19.6 Å². The number of halogens is 4. The minimum atomic E-state index is -4.59. The number of amides is 1. The Morgan fingerprint density at radius 2 is 1.92 bits per heavy atom. The molecule has 1 saturated heterocycles. The lowest BCUT2D eigenvalue weighted by Gasteiger charge is -2.33. The number of carbonyl (C=O) groups is 1. The number of benzene rings is 1. The number of piperidine rings is 1. The lowest BCUT2D eigenvalue weighted by molar-refractivity contribution is -0.141. The van der Waals surface area contributed by atoms with E-state index in [1.807, 2.05) is 24.3 Å². The first-order valence-electron chi connectivity index (χ1n) is 12.9. The summed E-state index contributed by atoms with van der Waals surface area (Å²) in [6, 6.07) is 8.99. The van der Waals surface area contributed by atoms with Gasteiger partial charge in [0, 0.05) is 48.3 Å². The van der Waals surface area contributed by atoms with Crippen molar-refractivity contribution in [2.24, 2.45) is 0 Å². The summed E-state index contributed by atoms with van der Waals surface area (Å²) in [6.45, 7) is 5.70. The van der Waals surface area contributed by atoms with Crippen LogP contribution in [0, 0.1) is 0 Å². The first-order valence-corrected chi connectivity index (χ1v) is 14.1. The van der Waals surface area contributed by atoms with Gasteiger partial charge in [-0.1, -0.05) is 48.4 Å². The maximum absolute atomic E-state index is 14.0. The van der Waals surface area contributed by atoms with Crippen LogP contribution in [0.15, 0.2) is 48.7 Å². The van der Waals surface area contributed by atoms with E-state index in [0.717, 1.165) is 35.6 Å². The van der Waals surface area contributed by atoms with Gasteiger partial charge in [-0.15, -0.1) is 11.3 Å². The van der Waals surface area contributed by atoms with Crippen LogP contribution in [0.25, 0.3) is 11.1 Å². The molecule has 38 heavy (non-hydrogen) atoms. The van der Waals surface area contributed by atoms with Crippen LogP contribution in [0.5, 0.6) is 0 Å². The molecular formula is C28H30ClF3N4OS. The van der Waals surface area contributed by atoms with Crippen LogP contribution in [0.3, 0.4) is 0 Å². The Hall–Kier alpha value is -2.62. The summed E-state index contributed by atoms with van der Waals surface area (Å²) in [5.74, 6) is -0.418. The van der Waals surface area contributed by atoms with E-state index < -0.39 is 11.9 Å². The minimum absolute atomic E-state index is 0.0442. The summed E-state index contributed by atoms with van der Waals surface area (Å²) < 4.78 is 43.8. The molecule has 5 nitrogen and oxygen atoms in total. The van der Waals surface area contributed by atoms with Gasteiger partial charge in [0.25, 0.3) is 0 Å². The Bertz CT molecular complexity index is 1330. The molecule has 2 aliphatic heterocycles. The lowest BCUT2D eigenvalue weighted by atomic mass is 9.84. The summed E-state index contributed by atoms with van der Waals surface area (Å²) >= 11 is 7.81. The fourth-order valence-corrected chi connectivity index (χ4v) is 6.76. The second kappa shape index (κ2) is 11.2. The van der Waals surface area contributed by atoms with Gasteiger partial charge in [0.2, 0.25) is 5.91 Å². The number of hydrogen-bond acceptors (Lipinski definition) is 4. The van der Waals surface area contributed by atoms with Gasteiger partial charge in [-0.2, -0.15) is 18.3 Å². The molecule has 0 bridgehead atoms. The average molecular weight is 563 g/mol. The van der Waals surface area contributed by atoms with Crippen molar-refractivity contribution in [1.29, 1.82) is 0 Å². The highest BCUT2D eigenvalue weighted by Crippen LogP contribution is 2.45. The summed E-state index contributed by atoms with van der Waals surface area (Å²) in [6.07, 6.45) is 4.04. The molecule has 0 aliphatic carbocycles. The molecule has 3 aromatic rings. The van der Waals surface area contributed by atoms with Crippen LogP contribution in [0.2, 0.25) is 4.34 Å². The van der Waals surface area contributed by atoms with E-state index in [1.54, 1.807) is 30.0 Å². The number of aromatic nitrogens is 2. The molecule has 0 radical (unpaired) electrons. The molecule has 2 aromatic heterocycles. The summed E-state index contributed by atoms with van der Waals surface area (Å²) in [5.41, 5.74) is 1.29. The van der Waals surface area contributed by atoms with Crippen molar-refractivity contribution in [3.8, 4) is 11.1 Å². The zero-order valence-electron chi connectivity index (χ0n) is 21.2. The van der Waals surface area contributed by atoms with E-state index in [4.69, 9.17) is 11.6 Å². The number of nitrogens with zero attached hydrogens (tertiary/aromatic N) is 4. The largest absolute Gasteiger partial charge is 0.435 e. The Morgan fingerprint density at radius 3 is 2.66 bits per heavy atom. The third kappa shape index (κ3) is 5.70. The fraction of sp³-hybridized carbons (Fsp3) is 0.429. The Kier molecular flexibility index (Phi) is 7.98. The highest BCUT2D eigenvalue weighted by atomic mass is 35.5. The molecule has 1 fully saturated rings. The summed E-state index contributed by atoms with van der Waals surface area (Å²) in [7, 11) is 0. The van der Waals surface area contributed by atoms with E-state index in [-0.39, 0.29) is 17.4 Å². The molecule has 10 heteroatoms. The number of alkyl halides is 3. The van der Waals surface area contributed by atoms with E-state index in [9.17, 15) is 18.0 Å². The van der Waals surface area contributed by atoms with Gasteiger partial charge in [0.05, 0.1) is 10.9 Å². The Balaban J connectivity index is 1.48. The molecule has 1 atom stereocenters. The standard InChI is InChI=1S/C28H30ClF3N4OS/c1-2-36-17-23(27(33-36)28(30,31)32)20-10-5-4-9-19(20)22-16-35(18-24-21(22)15-25(29)38-24)26(37)11-8-14-34-12-6-3-7-13-34/h4-5,8-11,15,17,22H,2-3,6-7,12-14,16,18H2,1H3/b11-8+. The van der Waals surface area contributed by atoms with Gasteiger partial charge >= 0.3 is 6.18 Å². The number of aryl methyl sites for hydroxylation is 1. The predicted molar refractivity (Wildman–Crippen MR) is 144 cm³/mol. The second-order valence-corrected chi connectivity index (χ2v) is 11.6. The van der Waals surface area contributed by atoms with Gasteiger partial charge in [-0.3, -0.25) is 14.4 Å². The third-order valence-electron chi connectivity index (χ3n) is 7.29. The number of hydrogen-bond donors (Lipinski definition) is 0.